The van der Waals surface area contributed by atoms with Crippen LogP contribution in [0.25, 0.3) is 44.6 Å². The van der Waals surface area contributed by atoms with Gasteiger partial charge in [-0.25, -0.2) is 0 Å². The molecule has 1 heterocycles. The summed E-state index contributed by atoms with van der Waals surface area (Å²) in [6.45, 7) is 0. The summed E-state index contributed by atoms with van der Waals surface area (Å²) in [4.78, 5) is 4.53. The van der Waals surface area contributed by atoms with Crippen molar-refractivity contribution < 1.29 is 0 Å². The molecular formula is C41H37N. The summed E-state index contributed by atoms with van der Waals surface area (Å²) >= 11 is 0. The number of benzene rings is 5. The van der Waals surface area contributed by atoms with Crippen molar-refractivity contribution in [3.63, 3.8) is 0 Å². The highest BCUT2D eigenvalue weighted by atomic mass is 14.7. The molecule has 0 fully saturated rings. The second kappa shape index (κ2) is 13.7. The summed E-state index contributed by atoms with van der Waals surface area (Å²) in [5, 5.41) is 0. The summed E-state index contributed by atoms with van der Waals surface area (Å²) in [5.74, 6) is 0. The SMILES string of the molecule is c1ccc(CCCCCCc2cccc(-c3cccc(-c4cccc(-c5cccc(-c6ccccn6)c5)c4)c3)c2)cc1. The van der Waals surface area contributed by atoms with Gasteiger partial charge in [-0.3, -0.25) is 4.98 Å². The normalized spacial score (nSPS) is 11.0. The Morgan fingerprint density at radius 1 is 0.333 bits per heavy atom. The van der Waals surface area contributed by atoms with E-state index in [4.69, 9.17) is 0 Å². The van der Waals surface area contributed by atoms with Crippen molar-refractivity contribution in [1.29, 1.82) is 0 Å². The average molecular weight is 544 g/mol. The molecule has 0 saturated carbocycles. The van der Waals surface area contributed by atoms with Crippen LogP contribution in [0.4, 0.5) is 0 Å². The van der Waals surface area contributed by atoms with Crippen LogP contribution < -0.4 is 0 Å². The Morgan fingerprint density at radius 3 is 1.36 bits per heavy atom. The van der Waals surface area contributed by atoms with Crippen LogP contribution in [0.15, 0.2) is 152 Å². The van der Waals surface area contributed by atoms with E-state index in [-0.39, 0.29) is 0 Å². The second-order valence-electron chi connectivity index (χ2n) is 11.1. The van der Waals surface area contributed by atoms with E-state index in [0.29, 0.717) is 0 Å². The molecule has 0 N–H and O–H groups in total. The van der Waals surface area contributed by atoms with Gasteiger partial charge in [0, 0.05) is 11.8 Å². The second-order valence-corrected chi connectivity index (χ2v) is 11.1. The zero-order chi connectivity index (χ0) is 28.4. The molecule has 1 aromatic heterocycles. The van der Waals surface area contributed by atoms with E-state index in [9.17, 15) is 0 Å². The van der Waals surface area contributed by atoms with Crippen LogP contribution in [0.1, 0.15) is 36.8 Å². The predicted octanol–water partition coefficient (Wildman–Crippen LogP) is 11.1. The van der Waals surface area contributed by atoms with E-state index in [2.05, 4.69) is 138 Å². The first-order chi connectivity index (χ1) is 20.8. The molecule has 0 atom stereocenters. The molecule has 0 spiro atoms. The molecule has 0 unspecified atom stereocenters. The fraction of sp³-hybridized carbons (Fsp3) is 0.146. The minimum atomic E-state index is 0.994. The smallest absolute Gasteiger partial charge is 0.0702 e. The zero-order valence-electron chi connectivity index (χ0n) is 24.1. The van der Waals surface area contributed by atoms with Gasteiger partial charge in [-0.2, -0.15) is 0 Å². The standard InChI is InChI=1S/C41H37N/c1(4-14-32-15-6-3-7-16-32)2-5-17-33-18-10-19-34(28-33)35-20-11-21-36(29-35)37-22-12-23-38(30-37)39-24-13-25-40(31-39)41-26-8-9-27-42-41/h3,6-13,15-16,18-31H,1-2,4-5,14,17H2. The van der Waals surface area contributed by atoms with Gasteiger partial charge in [-0.15, -0.1) is 0 Å². The molecular weight excluding hydrogens is 506 g/mol. The highest BCUT2D eigenvalue weighted by molar-refractivity contribution is 5.78. The van der Waals surface area contributed by atoms with Crippen molar-refractivity contribution in [2.45, 2.75) is 38.5 Å². The minimum Gasteiger partial charge on any atom is -0.256 e. The van der Waals surface area contributed by atoms with E-state index >= 15 is 0 Å². The molecule has 0 bridgehead atoms. The summed E-state index contributed by atoms with van der Waals surface area (Å²) in [6.07, 6.45) is 9.27. The van der Waals surface area contributed by atoms with Crippen molar-refractivity contribution in [3.05, 3.63) is 163 Å². The van der Waals surface area contributed by atoms with Gasteiger partial charge in [0.15, 0.2) is 0 Å². The van der Waals surface area contributed by atoms with Crippen LogP contribution in [-0.4, -0.2) is 4.98 Å². The molecule has 5 aromatic carbocycles. The fourth-order valence-electron chi connectivity index (χ4n) is 5.71. The van der Waals surface area contributed by atoms with Gasteiger partial charge < -0.3 is 0 Å². The largest absolute Gasteiger partial charge is 0.256 e. The van der Waals surface area contributed by atoms with E-state index in [1.165, 1.54) is 76.6 Å². The Bertz CT molecular complexity index is 1720. The molecule has 0 aliphatic heterocycles. The lowest BCUT2D eigenvalue weighted by molar-refractivity contribution is 0.640. The maximum atomic E-state index is 4.53. The van der Waals surface area contributed by atoms with E-state index in [1.807, 2.05) is 18.3 Å². The van der Waals surface area contributed by atoms with Crippen molar-refractivity contribution in [1.82, 2.24) is 4.98 Å². The first-order valence-corrected chi connectivity index (χ1v) is 15.2. The maximum Gasteiger partial charge on any atom is 0.0702 e. The third kappa shape index (κ3) is 7.11. The third-order valence-electron chi connectivity index (χ3n) is 8.00. The first kappa shape index (κ1) is 27.4. The summed E-state index contributed by atoms with van der Waals surface area (Å²) in [5.41, 5.74) is 12.4. The van der Waals surface area contributed by atoms with Crippen LogP contribution in [-0.2, 0) is 12.8 Å². The highest BCUT2D eigenvalue weighted by Gasteiger charge is 2.07. The van der Waals surface area contributed by atoms with Crippen molar-refractivity contribution in [3.8, 4) is 44.6 Å². The van der Waals surface area contributed by atoms with E-state index in [0.717, 1.165) is 17.7 Å². The Morgan fingerprint density at radius 2 is 0.786 bits per heavy atom. The van der Waals surface area contributed by atoms with Gasteiger partial charge in [0.05, 0.1) is 5.69 Å². The summed E-state index contributed by atoms with van der Waals surface area (Å²) in [6, 6.07) is 52.4. The van der Waals surface area contributed by atoms with Gasteiger partial charge in [-0.1, -0.05) is 128 Å². The fourth-order valence-corrected chi connectivity index (χ4v) is 5.71. The monoisotopic (exact) mass is 543 g/mol. The zero-order valence-corrected chi connectivity index (χ0v) is 24.1. The molecule has 206 valence electrons. The number of aromatic nitrogens is 1. The van der Waals surface area contributed by atoms with Gasteiger partial charge in [-0.05, 0) is 101 Å². The van der Waals surface area contributed by atoms with Crippen LogP contribution in [0.2, 0.25) is 0 Å². The third-order valence-corrected chi connectivity index (χ3v) is 8.00. The average Bonchev–Trinajstić information content (AvgIpc) is 3.07. The van der Waals surface area contributed by atoms with Crippen LogP contribution in [0.3, 0.4) is 0 Å². The number of hydrogen-bond donors (Lipinski definition) is 0. The summed E-state index contributed by atoms with van der Waals surface area (Å²) in [7, 11) is 0. The molecule has 0 aliphatic rings. The van der Waals surface area contributed by atoms with Gasteiger partial charge in [0.25, 0.3) is 0 Å². The van der Waals surface area contributed by atoms with Crippen molar-refractivity contribution >= 4 is 0 Å². The molecule has 6 aromatic rings. The summed E-state index contributed by atoms with van der Waals surface area (Å²) < 4.78 is 0. The number of hydrogen-bond acceptors (Lipinski definition) is 1. The Kier molecular flexibility index (Phi) is 8.97. The Balaban J connectivity index is 1.12. The van der Waals surface area contributed by atoms with E-state index < -0.39 is 0 Å². The number of pyridine rings is 1. The molecule has 6 rings (SSSR count). The van der Waals surface area contributed by atoms with Crippen molar-refractivity contribution in [2.75, 3.05) is 0 Å². The number of unbranched alkanes of at least 4 members (excludes halogenated alkanes) is 3. The van der Waals surface area contributed by atoms with Crippen LogP contribution in [0.5, 0.6) is 0 Å². The van der Waals surface area contributed by atoms with Crippen LogP contribution >= 0.6 is 0 Å². The number of aryl methyl sites for hydroxylation is 2. The first-order valence-electron chi connectivity index (χ1n) is 15.2. The number of rotatable bonds is 11. The lowest BCUT2D eigenvalue weighted by Gasteiger charge is -2.10. The minimum absolute atomic E-state index is 0.994. The molecule has 42 heavy (non-hydrogen) atoms. The van der Waals surface area contributed by atoms with Crippen molar-refractivity contribution in [2.24, 2.45) is 0 Å². The predicted molar refractivity (Wildman–Crippen MR) is 178 cm³/mol. The number of nitrogens with zero attached hydrogens (tertiary/aromatic N) is 1. The quantitative estimate of drug-likeness (QED) is 0.148. The lowest BCUT2D eigenvalue weighted by atomic mass is 9.94. The Hall–Kier alpha value is -4.75. The topological polar surface area (TPSA) is 12.9 Å². The van der Waals surface area contributed by atoms with Crippen LogP contribution in [0, 0.1) is 0 Å². The van der Waals surface area contributed by atoms with Gasteiger partial charge >= 0.3 is 0 Å². The van der Waals surface area contributed by atoms with Gasteiger partial charge in [0.1, 0.15) is 0 Å². The molecule has 0 aliphatic carbocycles. The molecule has 0 amide bonds. The highest BCUT2D eigenvalue weighted by Crippen LogP contribution is 2.31. The van der Waals surface area contributed by atoms with Gasteiger partial charge in [0.2, 0.25) is 0 Å². The lowest BCUT2D eigenvalue weighted by Crippen LogP contribution is -1.89. The molecule has 1 heteroatoms. The molecule has 0 radical (unpaired) electrons. The molecule has 0 saturated heterocycles. The van der Waals surface area contributed by atoms with E-state index in [1.54, 1.807) is 0 Å². The molecule has 1 nitrogen and oxygen atoms in total. The Labute approximate surface area is 250 Å². The maximum absolute atomic E-state index is 4.53.